The molecule has 1 amide bonds. The molecule has 0 atom stereocenters. The van der Waals surface area contributed by atoms with Gasteiger partial charge in [0.1, 0.15) is 12.0 Å². The van der Waals surface area contributed by atoms with E-state index in [1.807, 2.05) is 78.2 Å². The summed E-state index contributed by atoms with van der Waals surface area (Å²) in [4.78, 5) is 17.0. The van der Waals surface area contributed by atoms with Gasteiger partial charge in [0.2, 0.25) is 0 Å². The summed E-state index contributed by atoms with van der Waals surface area (Å²) in [6.45, 7) is 2.34. The maximum absolute atomic E-state index is 12.6. The van der Waals surface area contributed by atoms with Gasteiger partial charge in [-0.2, -0.15) is 5.10 Å². The van der Waals surface area contributed by atoms with Crippen molar-refractivity contribution >= 4 is 28.5 Å². The molecule has 5 aromatic rings. The van der Waals surface area contributed by atoms with Gasteiger partial charge in [-0.25, -0.2) is 4.98 Å². The minimum Gasteiger partial charge on any atom is -0.347 e. The molecular weight excluding hydrogens is 422 g/mol. The van der Waals surface area contributed by atoms with Gasteiger partial charge in [-0.1, -0.05) is 59.6 Å². The highest BCUT2D eigenvalue weighted by molar-refractivity contribution is 6.31. The summed E-state index contributed by atoms with van der Waals surface area (Å²) < 4.78 is 1.99. The lowest BCUT2D eigenvalue weighted by Crippen LogP contribution is -2.23. The van der Waals surface area contributed by atoms with Crippen LogP contribution in [0.2, 0.25) is 5.02 Å². The third kappa shape index (κ3) is 3.88. The monoisotopic (exact) mass is 441 g/mol. The predicted molar refractivity (Wildman–Crippen MR) is 126 cm³/mol. The number of aromatic nitrogens is 4. The number of carbonyl (C=O) groups is 1. The molecule has 0 spiro atoms. The zero-order valence-electron chi connectivity index (χ0n) is 17.3. The van der Waals surface area contributed by atoms with Crippen molar-refractivity contribution in [3.8, 4) is 16.9 Å². The standard InChI is InChI=1S/C25H20ClN5O/c1-16-6-8-17(9-7-16)22-13-23(30-29-22)25(32)27-14-18-10-11-19(12-20(18)26)31-15-28-21-4-2-3-5-24(21)31/h2-13,15H,14H2,1H3,(H,27,32)(H,29,30). The second-order valence-electron chi connectivity index (χ2n) is 7.59. The Morgan fingerprint density at radius 2 is 1.88 bits per heavy atom. The molecular formula is C25H20ClN5O. The summed E-state index contributed by atoms with van der Waals surface area (Å²) in [5.41, 5.74) is 6.92. The van der Waals surface area contributed by atoms with Gasteiger partial charge in [0, 0.05) is 22.8 Å². The zero-order valence-corrected chi connectivity index (χ0v) is 18.1. The van der Waals surface area contributed by atoms with Crippen LogP contribution in [0, 0.1) is 6.92 Å². The molecule has 0 aliphatic carbocycles. The molecule has 0 fully saturated rings. The second-order valence-corrected chi connectivity index (χ2v) is 8.00. The number of nitrogens with zero attached hydrogens (tertiary/aromatic N) is 3. The Labute approximate surface area is 189 Å². The first-order valence-electron chi connectivity index (χ1n) is 10.2. The molecule has 0 bridgehead atoms. The third-order valence-electron chi connectivity index (χ3n) is 5.38. The summed E-state index contributed by atoms with van der Waals surface area (Å²) in [5, 5.41) is 10.5. The highest BCUT2D eigenvalue weighted by Gasteiger charge is 2.12. The van der Waals surface area contributed by atoms with Gasteiger partial charge in [0.25, 0.3) is 5.91 Å². The molecule has 2 N–H and O–H groups in total. The van der Waals surface area contributed by atoms with E-state index < -0.39 is 0 Å². The highest BCUT2D eigenvalue weighted by atomic mass is 35.5. The van der Waals surface area contributed by atoms with Crippen LogP contribution in [-0.4, -0.2) is 25.7 Å². The maximum atomic E-state index is 12.6. The van der Waals surface area contributed by atoms with Gasteiger partial charge < -0.3 is 5.32 Å². The van der Waals surface area contributed by atoms with Crippen LogP contribution < -0.4 is 5.32 Å². The van der Waals surface area contributed by atoms with E-state index in [1.54, 1.807) is 12.4 Å². The number of para-hydroxylation sites is 2. The van der Waals surface area contributed by atoms with Crippen molar-refractivity contribution < 1.29 is 4.79 Å². The van der Waals surface area contributed by atoms with Crippen LogP contribution in [0.15, 0.2) is 79.1 Å². The fourth-order valence-electron chi connectivity index (χ4n) is 3.58. The van der Waals surface area contributed by atoms with Crippen LogP contribution in [-0.2, 0) is 6.54 Å². The van der Waals surface area contributed by atoms with Crippen LogP contribution in [0.5, 0.6) is 0 Å². The van der Waals surface area contributed by atoms with Crippen LogP contribution >= 0.6 is 11.6 Å². The van der Waals surface area contributed by atoms with E-state index >= 15 is 0 Å². The van der Waals surface area contributed by atoms with Gasteiger partial charge in [-0.3, -0.25) is 14.5 Å². The van der Waals surface area contributed by atoms with Gasteiger partial charge in [0.05, 0.1) is 16.7 Å². The van der Waals surface area contributed by atoms with Gasteiger partial charge in [-0.05, 0) is 42.8 Å². The number of aromatic amines is 1. The summed E-state index contributed by atoms with van der Waals surface area (Å²) in [6, 6.07) is 23.4. The maximum Gasteiger partial charge on any atom is 0.269 e. The number of benzene rings is 3. The lowest BCUT2D eigenvalue weighted by molar-refractivity contribution is 0.0946. The van der Waals surface area contributed by atoms with Gasteiger partial charge in [0.15, 0.2) is 0 Å². The number of hydrogen-bond acceptors (Lipinski definition) is 3. The number of carbonyl (C=O) groups excluding carboxylic acids is 1. The number of fused-ring (bicyclic) bond motifs is 1. The number of imidazole rings is 1. The van der Waals surface area contributed by atoms with Gasteiger partial charge >= 0.3 is 0 Å². The van der Waals surface area contributed by atoms with Crippen molar-refractivity contribution in [2.24, 2.45) is 0 Å². The average molecular weight is 442 g/mol. The Morgan fingerprint density at radius 3 is 2.69 bits per heavy atom. The van der Waals surface area contributed by atoms with Crippen LogP contribution in [0.4, 0.5) is 0 Å². The van der Waals surface area contributed by atoms with Crippen molar-refractivity contribution in [1.82, 2.24) is 25.1 Å². The third-order valence-corrected chi connectivity index (χ3v) is 5.73. The van der Waals surface area contributed by atoms with E-state index in [-0.39, 0.29) is 5.91 Å². The van der Waals surface area contributed by atoms with Crippen molar-refractivity contribution in [1.29, 1.82) is 0 Å². The van der Waals surface area contributed by atoms with E-state index in [2.05, 4.69) is 20.5 Å². The van der Waals surface area contributed by atoms with E-state index in [0.717, 1.165) is 33.5 Å². The van der Waals surface area contributed by atoms with Crippen molar-refractivity contribution in [2.45, 2.75) is 13.5 Å². The first-order valence-corrected chi connectivity index (χ1v) is 10.6. The van der Waals surface area contributed by atoms with E-state index in [9.17, 15) is 4.79 Å². The topological polar surface area (TPSA) is 75.6 Å². The molecule has 7 heteroatoms. The zero-order chi connectivity index (χ0) is 22.1. The van der Waals surface area contributed by atoms with Crippen molar-refractivity contribution in [2.75, 3.05) is 0 Å². The minimum atomic E-state index is -0.239. The highest BCUT2D eigenvalue weighted by Crippen LogP contribution is 2.24. The van der Waals surface area contributed by atoms with Gasteiger partial charge in [-0.15, -0.1) is 0 Å². The molecule has 0 saturated carbocycles. The fraction of sp³-hybridized carbons (Fsp3) is 0.0800. The first kappa shape index (κ1) is 20.0. The Bertz CT molecular complexity index is 1420. The molecule has 3 aromatic carbocycles. The normalized spacial score (nSPS) is 11.1. The van der Waals surface area contributed by atoms with E-state index in [4.69, 9.17) is 11.6 Å². The molecule has 0 saturated heterocycles. The summed E-state index contributed by atoms with van der Waals surface area (Å²) in [6.07, 6.45) is 1.78. The molecule has 0 aliphatic heterocycles. The first-order chi connectivity index (χ1) is 15.6. The smallest absolute Gasteiger partial charge is 0.269 e. The number of halogens is 1. The number of H-pyrrole nitrogens is 1. The Balaban J connectivity index is 1.29. The number of amides is 1. The molecule has 0 aliphatic rings. The fourth-order valence-corrected chi connectivity index (χ4v) is 3.82. The Morgan fingerprint density at radius 1 is 1.06 bits per heavy atom. The Hall–Kier alpha value is -3.90. The van der Waals surface area contributed by atoms with E-state index in [1.165, 1.54) is 5.56 Å². The van der Waals surface area contributed by atoms with Crippen LogP contribution in [0.3, 0.4) is 0 Å². The SMILES string of the molecule is Cc1ccc(-c2cc(C(=O)NCc3ccc(-n4cnc5ccccc54)cc3Cl)[nH]n2)cc1. The molecule has 158 valence electrons. The minimum absolute atomic E-state index is 0.239. The lowest BCUT2D eigenvalue weighted by Gasteiger charge is -2.10. The molecule has 5 rings (SSSR count). The molecule has 2 aromatic heterocycles. The van der Waals surface area contributed by atoms with Crippen molar-refractivity contribution in [3.63, 3.8) is 0 Å². The average Bonchev–Trinajstić information content (AvgIpc) is 3.46. The summed E-state index contributed by atoms with van der Waals surface area (Å²) in [7, 11) is 0. The molecule has 32 heavy (non-hydrogen) atoms. The largest absolute Gasteiger partial charge is 0.347 e. The molecule has 2 heterocycles. The van der Waals surface area contributed by atoms with Crippen molar-refractivity contribution in [3.05, 3.63) is 101 Å². The number of rotatable bonds is 5. The summed E-state index contributed by atoms with van der Waals surface area (Å²) >= 11 is 6.52. The quantitative estimate of drug-likeness (QED) is 0.388. The number of hydrogen-bond donors (Lipinski definition) is 2. The van der Waals surface area contributed by atoms with Crippen LogP contribution in [0.1, 0.15) is 21.6 Å². The van der Waals surface area contributed by atoms with E-state index in [0.29, 0.717) is 17.3 Å². The summed E-state index contributed by atoms with van der Waals surface area (Å²) in [5.74, 6) is -0.239. The Kier molecular flexibility index (Phi) is 5.21. The predicted octanol–water partition coefficient (Wildman–Crippen LogP) is 5.31. The number of nitrogens with one attached hydrogen (secondary N) is 2. The second kappa shape index (κ2) is 8.32. The molecule has 0 radical (unpaired) electrons. The number of aryl methyl sites for hydroxylation is 1. The van der Waals surface area contributed by atoms with Crippen LogP contribution in [0.25, 0.3) is 28.0 Å². The lowest BCUT2D eigenvalue weighted by atomic mass is 10.1. The molecule has 0 unspecified atom stereocenters. The molecule has 6 nitrogen and oxygen atoms in total.